The number of carboxylic acids is 1. The molecule has 0 aliphatic heterocycles. The van der Waals surface area contributed by atoms with Crippen molar-refractivity contribution >= 4 is 5.97 Å². The lowest BCUT2D eigenvalue weighted by molar-refractivity contribution is -0.148. The second-order valence-electron chi connectivity index (χ2n) is 4.53. The largest absolute Gasteiger partial charge is 0.481 e. The van der Waals surface area contributed by atoms with E-state index in [9.17, 15) is 13.6 Å². The van der Waals surface area contributed by atoms with Gasteiger partial charge in [-0.25, -0.2) is 8.78 Å². The van der Waals surface area contributed by atoms with Gasteiger partial charge >= 0.3 is 5.97 Å². The van der Waals surface area contributed by atoms with Gasteiger partial charge in [-0.1, -0.05) is 13.3 Å². The SMILES string of the molecule is CCCC(C)(Cc1cc(F)ccc1F)C(=O)O. The van der Waals surface area contributed by atoms with Crippen LogP contribution >= 0.6 is 0 Å². The highest BCUT2D eigenvalue weighted by atomic mass is 19.1. The lowest BCUT2D eigenvalue weighted by atomic mass is 9.80. The molecule has 0 bridgehead atoms. The van der Waals surface area contributed by atoms with Crippen molar-refractivity contribution in [1.29, 1.82) is 0 Å². The minimum absolute atomic E-state index is 0.000231. The third kappa shape index (κ3) is 3.25. The van der Waals surface area contributed by atoms with Crippen LogP contribution < -0.4 is 0 Å². The summed E-state index contributed by atoms with van der Waals surface area (Å²) < 4.78 is 26.4. The second kappa shape index (κ2) is 5.25. The molecule has 1 N–H and O–H groups in total. The molecule has 1 aromatic carbocycles. The topological polar surface area (TPSA) is 37.3 Å². The molecular formula is C13H16F2O2. The summed E-state index contributed by atoms with van der Waals surface area (Å²) in [6.07, 6.45) is 1.11. The maximum absolute atomic E-state index is 13.4. The molecule has 1 rings (SSSR count). The number of rotatable bonds is 5. The van der Waals surface area contributed by atoms with Crippen molar-refractivity contribution < 1.29 is 18.7 Å². The van der Waals surface area contributed by atoms with Gasteiger partial charge in [0.1, 0.15) is 11.6 Å². The van der Waals surface area contributed by atoms with Crippen LogP contribution in [0.2, 0.25) is 0 Å². The Morgan fingerprint density at radius 3 is 2.59 bits per heavy atom. The number of benzene rings is 1. The van der Waals surface area contributed by atoms with Crippen molar-refractivity contribution in [3.8, 4) is 0 Å². The third-order valence-corrected chi connectivity index (χ3v) is 2.91. The smallest absolute Gasteiger partial charge is 0.309 e. The van der Waals surface area contributed by atoms with Crippen molar-refractivity contribution in [2.24, 2.45) is 5.41 Å². The standard InChI is InChI=1S/C13H16F2O2/c1-3-6-13(2,12(16)17)8-9-7-10(14)4-5-11(9)15/h4-5,7H,3,6,8H2,1-2H3,(H,16,17). The average Bonchev–Trinajstić information content (AvgIpc) is 2.23. The summed E-state index contributed by atoms with van der Waals surface area (Å²) in [6.45, 7) is 3.42. The number of aliphatic carboxylic acids is 1. The number of hydrogen-bond acceptors (Lipinski definition) is 1. The van der Waals surface area contributed by atoms with Crippen LogP contribution in [0.1, 0.15) is 32.3 Å². The highest BCUT2D eigenvalue weighted by molar-refractivity contribution is 5.74. The Kier molecular flexibility index (Phi) is 4.21. The first-order chi connectivity index (χ1) is 7.89. The Hall–Kier alpha value is -1.45. The van der Waals surface area contributed by atoms with Gasteiger partial charge in [-0.3, -0.25) is 4.79 Å². The van der Waals surface area contributed by atoms with Crippen molar-refractivity contribution in [3.63, 3.8) is 0 Å². The van der Waals surface area contributed by atoms with Gasteiger partial charge in [0.2, 0.25) is 0 Å². The van der Waals surface area contributed by atoms with Gasteiger partial charge in [0.05, 0.1) is 5.41 Å². The van der Waals surface area contributed by atoms with Gasteiger partial charge in [0, 0.05) is 0 Å². The van der Waals surface area contributed by atoms with Gasteiger partial charge in [0.25, 0.3) is 0 Å². The van der Waals surface area contributed by atoms with E-state index >= 15 is 0 Å². The van der Waals surface area contributed by atoms with Crippen LogP contribution in [0.4, 0.5) is 8.78 Å². The molecule has 0 heterocycles. The highest BCUT2D eigenvalue weighted by Crippen LogP contribution is 2.29. The fraction of sp³-hybridized carbons (Fsp3) is 0.462. The summed E-state index contributed by atoms with van der Waals surface area (Å²) in [5.74, 6) is -2.09. The Labute approximate surface area is 99.3 Å². The first-order valence-corrected chi connectivity index (χ1v) is 5.56. The van der Waals surface area contributed by atoms with Crippen LogP contribution in [0, 0.1) is 17.0 Å². The molecule has 94 valence electrons. The summed E-state index contributed by atoms with van der Waals surface area (Å²) >= 11 is 0. The monoisotopic (exact) mass is 242 g/mol. The van der Waals surface area contributed by atoms with E-state index in [0.717, 1.165) is 18.2 Å². The van der Waals surface area contributed by atoms with Crippen LogP contribution in [0.5, 0.6) is 0 Å². The van der Waals surface area contributed by atoms with E-state index in [1.165, 1.54) is 0 Å². The molecule has 1 atom stereocenters. The van der Waals surface area contributed by atoms with Gasteiger partial charge in [0.15, 0.2) is 0 Å². The fourth-order valence-electron chi connectivity index (χ4n) is 1.92. The van der Waals surface area contributed by atoms with E-state index in [2.05, 4.69) is 0 Å². The van der Waals surface area contributed by atoms with Gasteiger partial charge in [-0.05, 0) is 43.5 Å². The van der Waals surface area contributed by atoms with E-state index in [1.54, 1.807) is 6.92 Å². The summed E-state index contributed by atoms with van der Waals surface area (Å²) in [7, 11) is 0. The molecular weight excluding hydrogens is 226 g/mol. The third-order valence-electron chi connectivity index (χ3n) is 2.91. The molecule has 0 fully saturated rings. The number of carboxylic acid groups (broad SMARTS) is 1. The van der Waals surface area contributed by atoms with Crippen LogP contribution in [-0.2, 0) is 11.2 Å². The van der Waals surface area contributed by atoms with Crippen LogP contribution in [0.25, 0.3) is 0 Å². The first-order valence-electron chi connectivity index (χ1n) is 5.56. The Morgan fingerprint density at radius 2 is 2.06 bits per heavy atom. The lowest BCUT2D eigenvalue weighted by Gasteiger charge is -2.24. The molecule has 0 spiro atoms. The van der Waals surface area contributed by atoms with Crippen molar-refractivity contribution in [2.75, 3.05) is 0 Å². The van der Waals surface area contributed by atoms with E-state index in [1.807, 2.05) is 6.92 Å². The van der Waals surface area contributed by atoms with Gasteiger partial charge in [-0.15, -0.1) is 0 Å². The quantitative estimate of drug-likeness (QED) is 0.859. The van der Waals surface area contributed by atoms with Gasteiger partial charge < -0.3 is 5.11 Å². The predicted octanol–water partition coefficient (Wildman–Crippen LogP) is 3.40. The molecule has 0 radical (unpaired) electrons. The normalized spacial score (nSPS) is 14.4. The number of hydrogen-bond donors (Lipinski definition) is 1. The average molecular weight is 242 g/mol. The predicted molar refractivity (Wildman–Crippen MR) is 60.7 cm³/mol. The minimum atomic E-state index is -1.05. The number of halogens is 2. The first kappa shape index (κ1) is 13.6. The molecule has 0 aliphatic carbocycles. The maximum atomic E-state index is 13.4. The summed E-state index contributed by atoms with van der Waals surface area (Å²) in [5, 5.41) is 9.17. The molecule has 17 heavy (non-hydrogen) atoms. The van der Waals surface area contributed by atoms with E-state index in [-0.39, 0.29) is 12.0 Å². The van der Waals surface area contributed by atoms with Crippen molar-refractivity contribution in [3.05, 3.63) is 35.4 Å². The minimum Gasteiger partial charge on any atom is -0.481 e. The molecule has 2 nitrogen and oxygen atoms in total. The van der Waals surface area contributed by atoms with Gasteiger partial charge in [-0.2, -0.15) is 0 Å². The summed E-state index contributed by atoms with van der Waals surface area (Å²) in [6, 6.07) is 3.11. The molecule has 0 aliphatic rings. The molecule has 0 saturated carbocycles. The zero-order chi connectivity index (χ0) is 13.1. The highest BCUT2D eigenvalue weighted by Gasteiger charge is 2.33. The van der Waals surface area contributed by atoms with Crippen molar-refractivity contribution in [1.82, 2.24) is 0 Å². The Morgan fingerprint density at radius 1 is 1.41 bits per heavy atom. The lowest BCUT2D eigenvalue weighted by Crippen LogP contribution is -2.30. The zero-order valence-electron chi connectivity index (χ0n) is 9.96. The molecule has 1 unspecified atom stereocenters. The molecule has 0 saturated heterocycles. The molecule has 1 aromatic rings. The van der Waals surface area contributed by atoms with E-state index in [4.69, 9.17) is 5.11 Å². The molecule has 0 aromatic heterocycles. The van der Waals surface area contributed by atoms with Crippen LogP contribution in [0.15, 0.2) is 18.2 Å². The summed E-state index contributed by atoms with van der Waals surface area (Å²) in [5.41, 5.74) is -0.938. The zero-order valence-corrected chi connectivity index (χ0v) is 9.96. The Bertz CT molecular complexity index is 418. The maximum Gasteiger partial charge on any atom is 0.309 e. The van der Waals surface area contributed by atoms with Crippen LogP contribution in [-0.4, -0.2) is 11.1 Å². The van der Waals surface area contributed by atoms with Crippen LogP contribution in [0.3, 0.4) is 0 Å². The van der Waals surface area contributed by atoms with E-state index < -0.39 is 23.0 Å². The molecule has 4 heteroatoms. The Balaban J connectivity index is 3.01. The van der Waals surface area contributed by atoms with E-state index in [0.29, 0.717) is 12.8 Å². The summed E-state index contributed by atoms with van der Waals surface area (Å²) in [4.78, 5) is 11.2. The second-order valence-corrected chi connectivity index (χ2v) is 4.53. The number of carbonyl (C=O) groups is 1. The van der Waals surface area contributed by atoms with Crippen molar-refractivity contribution in [2.45, 2.75) is 33.1 Å². The molecule has 0 amide bonds. The fourth-order valence-corrected chi connectivity index (χ4v) is 1.92.